The van der Waals surface area contributed by atoms with Crippen LogP contribution in [0.25, 0.3) is 0 Å². The molecule has 110 valence electrons. The van der Waals surface area contributed by atoms with Gasteiger partial charge in [-0.05, 0) is 6.42 Å². The number of carboxylic acid groups (broad SMARTS) is 3. The number of nitrogens with two attached hydrogens (primary N) is 3. The third-order valence-corrected chi connectivity index (χ3v) is 1.70. The van der Waals surface area contributed by atoms with Crippen LogP contribution in [0.4, 0.5) is 0 Å². The minimum atomic E-state index is -1.46. The number of rotatable bonds is 7. The zero-order valence-corrected chi connectivity index (χ0v) is 12.8. The Labute approximate surface area is 144 Å². The van der Waals surface area contributed by atoms with Crippen LogP contribution in [0.3, 0.4) is 0 Å². The molecular formula is C9H15CaN3O7. The third kappa shape index (κ3) is 17.1. The van der Waals surface area contributed by atoms with E-state index in [4.69, 9.17) is 16.6 Å². The van der Waals surface area contributed by atoms with Crippen molar-refractivity contribution in [1.82, 2.24) is 0 Å². The summed E-state index contributed by atoms with van der Waals surface area (Å²) in [6.45, 7) is 0. The molecule has 0 aromatic carbocycles. The first-order valence-electron chi connectivity index (χ1n) is 5.00. The standard InChI is InChI=1S/C5H9NO4.C4H8N2O3.Ca/c6-3(5(9)10)1-2-4(7)8;5-2(4(8)9)1-3(6)7;/h3H,1-2,6H2,(H,7,8)(H,9,10);2H,1,5H2,(H2,6,7)(H,8,9);/q;;+2/p-2/t3-;2-;/m00./s1. The van der Waals surface area contributed by atoms with E-state index in [2.05, 4.69) is 5.73 Å². The van der Waals surface area contributed by atoms with Crippen LogP contribution in [-0.4, -0.2) is 78.7 Å². The largest absolute Gasteiger partial charge is 2.00 e. The molecule has 2 atom stereocenters. The first-order chi connectivity index (χ1) is 8.57. The number of carbonyl (C=O) groups is 4. The Hall–Kier alpha value is -0.940. The molecule has 10 nitrogen and oxygen atoms in total. The van der Waals surface area contributed by atoms with Crippen molar-refractivity contribution in [3.63, 3.8) is 0 Å². The molecule has 0 rings (SSSR count). The fraction of sp³-hybridized carbons (Fsp3) is 0.556. The summed E-state index contributed by atoms with van der Waals surface area (Å²) >= 11 is 0. The minimum Gasteiger partial charge on any atom is -0.548 e. The number of carboxylic acids is 3. The quantitative estimate of drug-likeness (QED) is 0.329. The molecule has 0 unspecified atom stereocenters. The topological polar surface area (TPSA) is 213 Å². The van der Waals surface area contributed by atoms with Crippen LogP contribution >= 0.6 is 0 Å². The van der Waals surface area contributed by atoms with Crippen molar-refractivity contribution in [1.29, 1.82) is 0 Å². The zero-order valence-electron chi connectivity index (χ0n) is 10.6. The second-order valence-electron chi connectivity index (χ2n) is 3.45. The molecule has 0 bridgehead atoms. The van der Waals surface area contributed by atoms with Crippen molar-refractivity contribution in [2.24, 2.45) is 17.2 Å². The maximum absolute atomic E-state index is 9.97. The molecular weight excluding hydrogens is 302 g/mol. The Morgan fingerprint density at radius 3 is 1.60 bits per heavy atom. The van der Waals surface area contributed by atoms with Gasteiger partial charge in [0.2, 0.25) is 5.91 Å². The van der Waals surface area contributed by atoms with E-state index in [9.17, 15) is 29.4 Å². The molecule has 0 saturated carbocycles. The normalized spacial score (nSPS) is 11.9. The van der Waals surface area contributed by atoms with Gasteiger partial charge in [-0.3, -0.25) is 9.59 Å². The summed E-state index contributed by atoms with van der Waals surface area (Å²) in [5, 5.41) is 27.7. The summed E-state index contributed by atoms with van der Waals surface area (Å²) in [5.41, 5.74) is 14.4. The second kappa shape index (κ2) is 13.1. The van der Waals surface area contributed by atoms with Crippen molar-refractivity contribution in [2.45, 2.75) is 31.3 Å². The average molecular weight is 317 g/mol. The fourth-order valence-corrected chi connectivity index (χ4v) is 0.697. The van der Waals surface area contributed by atoms with E-state index < -0.39 is 35.9 Å². The van der Waals surface area contributed by atoms with Gasteiger partial charge in [-0.15, -0.1) is 0 Å². The molecule has 0 aliphatic rings. The molecule has 0 heterocycles. The summed E-state index contributed by atoms with van der Waals surface area (Å²) in [7, 11) is 0. The van der Waals surface area contributed by atoms with Crippen LogP contribution < -0.4 is 27.4 Å². The van der Waals surface area contributed by atoms with Gasteiger partial charge >= 0.3 is 43.7 Å². The number of hydrogen-bond acceptors (Lipinski definition) is 8. The predicted octanol–water partition coefficient (Wildman–Crippen LogP) is -5.51. The van der Waals surface area contributed by atoms with Gasteiger partial charge in [-0.1, -0.05) is 0 Å². The maximum atomic E-state index is 9.97. The molecule has 0 aromatic heterocycles. The Balaban J connectivity index is -0.000000277. The van der Waals surface area contributed by atoms with E-state index in [0.717, 1.165) is 0 Å². The average Bonchev–Trinajstić information content (AvgIpc) is 2.25. The Morgan fingerprint density at radius 1 is 1.00 bits per heavy atom. The fourth-order valence-electron chi connectivity index (χ4n) is 0.697. The van der Waals surface area contributed by atoms with Gasteiger partial charge in [-0.25, -0.2) is 0 Å². The molecule has 20 heavy (non-hydrogen) atoms. The van der Waals surface area contributed by atoms with E-state index in [0.29, 0.717) is 0 Å². The number of amides is 1. The number of primary amides is 1. The molecule has 0 radical (unpaired) electrons. The van der Waals surface area contributed by atoms with Crippen LogP contribution in [0.2, 0.25) is 0 Å². The van der Waals surface area contributed by atoms with Crippen molar-refractivity contribution < 1.29 is 34.5 Å². The summed E-state index contributed by atoms with van der Waals surface area (Å²) in [6.07, 6.45) is -0.699. The van der Waals surface area contributed by atoms with E-state index in [1.165, 1.54) is 0 Å². The van der Waals surface area contributed by atoms with Crippen molar-refractivity contribution in [2.75, 3.05) is 0 Å². The molecule has 7 N–H and O–H groups in total. The van der Waals surface area contributed by atoms with Crippen LogP contribution in [0, 0.1) is 0 Å². The summed E-state index contributed by atoms with van der Waals surface area (Å²) in [6, 6.07) is -2.45. The van der Waals surface area contributed by atoms with E-state index in [1.54, 1.807) is 0 Å². The molecule has 0 aliphatic heterocycles. The van der Waals surface area contributed by atoms with Crippen molar-refractivity contribution in [3.05, 3.63) is 0 Å². The SMILES string of the molecule is NC(=O)C[C@H](N)C(=O)[O-].N[C@@H](CCC(=O)O)C(=O)[O-].[Ca+2]. The van der Waals surface area contributed by atoms with Crippen LogP contribution in [0.5, 0.6) is 0 Å². The molecule has 0 spiro atoms. The van der Waals surface area contributed by atoms with E-state index in [-0.39, 0.29) is 57.0 Å². The molecule has 0 fully saturated rings. The molecule has 0 aromatic rings. The molecule has 11 heteroatoms. The first kappa shape index (κ1) is 24.1. The smallest absolute Gasteiger partial charge is 0.548 e. The first-order valence-corrected chi connectivity index (χ1v) is 5.00. The minimum absolute atomic E-state index is 0. The Kier molecular flexibility index (Phi) is 15.7. The summed E-state index contributed by atoms with van der Waals surface area (Å²) < 4.78 is 0. The third-order valence-electron chi connectivity index (χ3n) is 1.70. The van der Waals surface area contributed by atoms with Crippen molar-refractivity contribution >= 4 is 61.6 Å². The maximum Gasteiger partial charge on any atom is 2.00 e. The van der Waals surface area contributed by atoms with E-state index in [1.807, 2.05) is 0 Å². The Bertz CT molecular complexity index is 350. The van der Waals surface area contributed by atoms with Gasteiger partial charge in [-0.2, -0.15) is 0 Å². The zero-order chi connectivity index (χ0) is 15.6. The van der Waals surface area contributed by atoms with Gasteiger partial charge in [0.15, 0.2) is 0 Å². The summed E-state index contributed by atoms with van der Waals surface area (Å²) in [5.74, 6) is -4.68. The molecule has 1 amide bonds. The van der Waals surface area contributed by atoms with Gasteiger partial charge in [0.25, 0.3) is 0 Å². The van der Waals surface area contributed by atoms with Crippen LogP contribution in [0.1, 0.15) is 19.3 Å². The Morgan fingerprint density at radius 2 is 1.40 bits per heavy atom. The molecule has 0 aliphatic carbocycles. The van der Waals surface area contributed by atoms with Gasteiger partial charge in [0.05, 0.1) is 18.0 Å². The number of carbonyl (C=O) groups excluding carboxylic acids is 3. The number of hydrogen-bond donors (Lipinski definition) is 4. The van der Waals surface area contributed by atoms with Crippen LogP contribution in [0.15, 0.2) is 0 Å². The summed E-state index contributed by atoms with van der Waals surface area (Å²) in [4.78, 5) is 39.5. The molecule has 0 saturated heterocycles. The van der Waals surface area contributed by atoms with E-state index >= 15 is 0 Å². The predicted molar refractivity (Wildman–Crippen MR) is 62.4 cm³/mol. The second-order valence-corrected chi connectivity index (χ2v) is 3.45. The monoisotopic (exact) mass is 317 g/mol. The van der Waals surface area contributed by atoms with Crippen molar-refractivity contribution in [3.8, 4) is 0 Å². The van der Waals surface area contributed by atoms with Gasteiger partial charge < -0.3 is 42.1 Å². The van der Waals surface area contributed by atoms with Gasteiger partial charge in [0.1, 0.15) is 0 Å². The van der Waals surface area contributed by atoms with Crippen LogP contribution in [-0.2, 0) is 19.2 Å². The number of aliphatic carboxylic acids is 3. The van der Waals surface area contributed by atoms with Gasteiger partial charge in [0, 0.05) is 18.9 Å².